The molecule has 1 aromatic carbocycles. The summed E-state index contributed by atoms with van der Waals surface area (Å²) < 4.78 is 6.51. The van der Waals surface area contributed by atoms with Crippen molar-refractivity contribution in [3.05, 3.63) is 29.8 Å². The zero-order valence-electron chi connectivity index (χ0n) is 16.5. The quantitative estimate of drug-likeness (QED) is 0.746. The van der Waals surface area contributed by atoms with E-state index in [1.54, 1.807) is 6.92 Å². The summed E-state index contributed by atoms with van der Waals surface area (Å²) >= 11 is 0. The monoisotopic (exact) mass is 384 g/mol. The van der Waals surface area contributed by atoms with Crippen LogP contribution in [0.15, 0.2) is 24.3 Å². The van der Waals surface area contributed by atoms with E-state index in [0.717, 1.165) is 30.7 Å². The summed E-state index contributed by atoms with van der Waals surface area (Å²) in [6, 6.07) is 7.85. The second-order valence-corrected chi connectivity index (χ2v) is 8.44. The summed E-state index contributed by atoms with van der Waals surface area (Å²) in [5.41, 5.74) is 0.431. The molecule has 0 aromatic heterocycles. The third kappa shape index (κ3) is 3.77. The van der Waals surface area contributed by atoms with Gasteiger partial charge in [-0.05, 0) is 31.7 Å². The molecule has 1 aromatic rings. The number of rotatable bonds is 1. The fourth-order valence-corrected chi connectivity index (χ4v) is 4.78. The molecule has 28 heavy (non-hydrogen) atoms. The number of hydrogen-bond donors (Lipinski definition) is 0. The normalized spacial score (nSPS) is 25.8. The second-order valence-electron chi connectivity index (χ2n) is 8.44. The SMILES string of the molecule is CC(=O)N1Cc2ccccc2OC2(CCCN(C(=O)C3CCC(=O)CC3)C2)C1. The lowest BCUT2D eigenvalue weighted by atomic mass is 9.85. The molecule has 1 saturated carbocycles. The van der Waals surface area contributed by atoms with E-state index in [9.17, 15) is 14.4 Å². The number of amides is 2. The van der Waals surface area contributed by atoms with Crippen molar-refractivity contribution >= 4 is 17.6 Å². The number of ether oxygens (including phenoxy) is 1. The number of hydrogen-bond acceptors (Lipinski definition) is 4. The van der Waals surface area contributed by atoms with Crippen LogP contribution in [0.2, 0.25) is 0 Å². The number of Topliss-reactive ketones (excluding diaryl/α,β-unsaturated/α-hetero) is 1. The van der Waals surface area contributed by atoms with Crippen LogP contribution in [0.25, 0.3) is 0 Å². The van der Waals surface area contributed by atoms with Gasteiger partial charge < -0.3 is 14.5 Å². The molecule has 2 amide bonds. The van der Waals surface area contributed by atoms with Gasteiger partial charge in [-0.15, -0.1) is 0 Å². The predicted molar refractivity (Wildman–Crippen MR) is 104 cm³/mol. The molecular weight excluding hydrogens is 356 g/mol. The maximum absolute atomic E-state index is 13.1. The molecule has 1 spiro atoms. The Morgan fingerprint density at radius 1 is 1.11 bits per heavy atom. The number of carbonyl (C=O) groups is 3. The highest BCUT2D eigenvalue weighted by atomic mass is 16.5. The molecule has 1 saturated heterocycles. The minimum atomic E-state index is -0.573. The molecule has 150 valence electrons. The molecule has 1 aliphatic carbocycles. The summed E-state index contributed by atoms with van der Waals surface area (Å²) in [6.07, 6.45) is 4.01. The Labute approximate surface area is 165 Å². The number of ketones is 1. The third-order valence-electron chi connectivity index (χ3n) is 6.33. The Kier molecular flexibility index (Phi) is 5.13. The molecule has 3 aliphatic rings. The van der Waals surface area contributed by atoms with Crippen molar-refractivity contribution in [2.24, 2.45) is 5.92 Å². The van der Waals surface area contributed by atoms with Crippen LogP contribution in [0.5, 0.6) is 5.75 Å². The summed E-state index contributed by atoms with van der Waals surface area (Å²) in [5.74, 6) is 1.18. The Morgan fingerprint density at radius 2 is 1.82 bits per heavy atom. The van der Waals surface area contributed by atoms with Crippen molar-refractivity contribution in [1.29, 1.82) is 0 Å². The van der Waals surface area contributed by atoms with Gasteiger partial charge in [-0.25, -0.2) is 0 Å². The van der Waals surface area contributed by atoms with Crippen molar-refractivity contribution in [3.63, 3.8) is 0 Å². The Morgan fingerprint density at radius 3 is 2.57 bits per heavy atom. The van der Waals surface area contributed by atoms with Crippen LogP contribution < -0.4 is 4.74 Å². The predicted octanol–water partition coefficient (Wildman–Crippen LogP) is 2.55. The minimum absolute atomic E-state index is 0.0221. The summed E-state index contributed by atoms with van der Waals surface area (Å²) in [6.45, 7) is 3.83. The molecule has 2 fully saturated rings. The van der Waals surface area contributed by atoms with Crippen LogP contribution in [0.4, 0.5) is 0 Å². The van der Waals surface area contributed by atoms with Crippen LogP contribution in [-0.2, 0) is 20.9 Å². The van der Waals surface area contributed by atoms with E-state index in [4.69, 9.17) is 4.74 Å². The number of piperidine rings is 1. The van der Waals surface area contributed by atoms with Gasteiger partial charge >= 0.3 is 0 Å². The third-order valence-corrected chi connectivity index (χ3v) is 6.33. The van der Waals surface area contributed by atoms with Crippen molar-refractivity contribution < 1.29 is 19.1 Å². The number of fused-ring (bicyclic) bond motifs is 1. The standard InChI is InChI=1S/C22H28N2O4/c1-16(25)24-13-18-5-2-3-6-20(18)28-22(15-24)11-4-12-23(14-22)21(27)17-7-9-19(26)10-8-17/h2-3,5-6,17H,4,7-15H2,1H3. The number of benzene rings is 1. The van der Waals surface area contributed by atoms with Gasteiger partial charge in [0.05, 0.1) is 13.1 Å². The van der Waals surface area contributed by atoms with E-state index in [2.05, 4.69) is 0 Å². The molecule has 4 rings (SSSR count). The molecule has 2 heterocycles. The molecule has 6 nitrogen and oxygen atoms in total. The van der Waals surface area contributed by atoms with E-state index in [-0.39, 0.29) is 23.5 Å². The van der Waals surface area contributed by atoms with E-state index in [1.807, 2.05) is 34.1 Å². The molecule has 1 atom stereocenters. The molecule has 1 unspecified atom stereocenters. The minimum Gasteiger partial charge on any atom is -0.483 e. The molecule has 0 N–H and O–H groups in total. The maximum Gasteiger partial charge on any atom is 0.225 e. The lowest BCUT2D eigenvalue weighted by Gasteiger charge is -2.44. The van der Waals surface area contributed by atoms with Crippen LogP contribution in [0, 0.1) is 5.92 Å². The van der Waals surface area contributed by atoms with Crippen LogP contribution in [0.3, 0.4) is 0 Å². The van der Waals surface area contributed by atoms with E-state index in [0.29, 0.717) is 45.3 Å². The van der Waals surface area contributed by atoms with Gasteiger partial charge in [-0.3, -0.25) is 14.4 Å². The average molecular weight is 384 g/mol. The Hall–Kier alpha value is -2.37. The molecule has 0 bridgehead atoms. The Balaban J connectivity index is 1.56. The number of carbonyl (C=O) groups excluding carboxylic acids is 3. The van der Waals surface area contributed by atoms with Gasteiger partial charge in [-0.2, -0.15) is 0 Å². The van der Waals surface area contributed by atoms with E-state index < -0.39 is 5.60 Å². The first-order chi connectivity index (χ1) is 13.5. The number of likely N-dealkylation sites (tertiary alicyclic amines) is 1. The van der Waals surface area contributed by atoms with Crippen LogP contribution >= 0.6 is 0 Å². The zero-order valence-corrected chi connectivity index (χ0v) is 16.5. The lowest BCUT2D eigenvalue weighted by Crippen LogP contribution is -2.59. The largest absolute Gasteiger partial charge is 0.483 e. The second kappa shape index (κ2) is 7.57. The van der Waals surface area contributed by atoms with Crippen molar-refractivity contribution in [1.82, 2.24) is 9.80 Å². The number of para-hydroxylation sites is 1. The van der Waals surface area contributed by atoms with Gasteiger partial charge in [0.1, 0.15) is 17.1 Å². The highest BCUT2D eigenvalue weighted by molar-refractivity contribution is 5.84. The van der Waals surface area contributed by atoms with E-state index >= 15 is 0 Å². The van der Waals surface area contributed by atoms with E-state index in [1.165, 1.54) is 0 Å². The van der Waals surface area contributed by atoms with Crippen molar-refractivity contribution in [3.8, 4) is 5.75 Å². The molecule has 2 aliphatic heterocycles. The summed E-state index contributed by atoms with van der Waals surface area (Å²) in [7, 11) is 0. The lowest BCUT2D eigenvalue weighted by molar-refractivity contribution is -0.144. The van der Waals surface area contributed by atoms with Crippen LogP contribution in [0.1, 0.15) is 51.0 Å². The average Bonchev–Trinajstić information content (AvgIpc) is 2.84. The van der Waals surface area contributed by atoms with Gasteiger partial charge in [0.25, 0.3) is 0 Å². The fraction of sp³-hybridized carbons (Fsp3) is 0.591. The summed E-state index contributed by atoms with van der Waals surface area (Å²) in [4.78, 5) is 40.6. The first kappa shape index (κ1) is 19.0. The molecule has 6 heteroatoms. The summed E-state index contributed by atoms with van der Waals surface area (Å²) in [5, 5.41) is 0. The topological polar surface area (TPSA) is 66.9 Å². The molecular formula is C22H28N2O4. The van der Waals surface area contributed by atoms with Gasteiger partial charge in [-0.1, -0.05) is 18.2 Å². The zero-order chi connectivity index (χ0) is 19.7. The first-order valence-corrected chi connectivity index (χ1v) is 10.3. The smallest absolute Gasteiger partial charge is 0.225 e. The molecule has 0 radical (unpaired) electrons. The highest BCUT2D eigenvalue weighted by Crippen LogP contribution is 2.36. The highest BCUT2D eigenvalue weighted by Gasteiger charge is 2.44. The van der Waals surface area contributed by atoms with Gasteiger partial charge in [0.2, 0.25) is 11.8 Å². The maximum atomic E-state index is 13.1. The van der Waals surface area contributed by atoms with Gasteiger partial charge in [0, 0.05) is 44.3 Å². The fourth-order valence-electron chi connectivity index (χ4n) is 4.78. The van der Waals surface area contributed by atoms with Crippen molar-refractivity contribution in [2.75, 3.05) is 19.6 Å². The number of nitrogens with zero attached hydrogens (tertiary/aromatic N) is 2. The van der Waals surface area contributed by atoms with Gasteiger partial charge in [0.15, 0.2) is 0 Å². The van der Waals surface area contributed by atoms with Crippen molar-refractivity contribution in [2.45, 2.75) is 57.6 Å². The first-order valence-electron chi connectivity index (χ1n) is 10.3. The van der Waals surface area contributed by atoms with Crippen LogP contribution in [-0.4, -0.2) is 52.6 Å². The Bertz CT molecular complexity index is 782.